The van der Waals surface area contributed by atoms with Crippen molar-refractivity contribution in [1.82, 2.24) is 10.6 Å². The van der Waals surface area contributed by atoms with Crippen LogP contribution in [0, 0.1) is 5.92 Å². The standard InChI is InChI=1S/C15H28N2/c1-2-3-5-11-16-15-10-7-8-13(15)14-9-4-6-12-17-14/h2-3,13-17H,4-12H2,1H3/b3-2+. The Morgan fingerprint density at radius 3 is 2.88 bits per heavy atom. The van der Waals surface area contributed by atoms with Crippen LogP contribution < -0.4 is 10.6 Å². The Labute approximate surface area is 106 Å². The van der Waals surface area contributed by atoms with Crippen molar-refractivity contribution in [3.8, 4) is 0 Å². The molecule has 1 saturated heterocycles. The van der Waals surface area contributed by atoms with Crippen LogP contribution in [0.15, 0.2) is 12.2 Å². The molecule has 0 aromatic carbocycles. The van der Waals surface area contributed by atoms with E-state index >= 15 is 0 Å². The Hall–Kier alpha value is -0.340. The Morgan fingerprint density at radius 2 is 2.12 bits per heavy atom. The van der Waals surface area contributed by atoms with Crippen LogP contribution in [0.25, 0.3) is 0 Å². The number of allylic oxidation sites excluding steroid dienone is 1. The molecule has 0 amide bonds. The quantitative estimate of drug-likeness (QED) is 0.566. The molecule has 1 aliphatic carbocycles. The van der Waals surface area contributed by atoms with E-state index in [1.807, 2.05) is 0 Å². The topological polar surface area (TPSA) is 24.1 Å². The summed E-state index contributed by atoms with van der Waals surface area (Å²) in [7, 11) is 0. The number of hydrogen-bond acceptors (Lipinski definition) is 2. The van der Waals surface area contributed by atoms with Crippen molar-refractivity contribution in [3.05, 3.63) is 12.2 Å². The van der Waals surface area contributed by atoms with Gasteiger partial charge in [0.2, 0.25) is 0 Å². The van der Waals surface area contributed by atoms with Gasteiger partial charge in [0.05, 0.1) is 0 Å². The highest BCUT2D eigenvalue weighted by atomic mass is 15.0. The zero-order chi connectivity index (χ0) is 11.9. The molecule has 0 bridgehead atoms. The van der Waals surface area contributed by atoms with Crippen LogP contribution in [0.3, 0.4) is 0 Å². The average Bonchev–Trinajstić information content (AvgIpc) is 2.84. The highest BCUT2D eigenvalue weighted by Crippen LogP contribution is 2.31. The first-order valence-corrected chi connectivity index (χ1v) is 7.49. The lowest BCUT2D eigenvalue weighted by Gasteiger charge is -2.33. The molecule has 2 fully saturated rings. The van der Waals surface area contributed by atoms with Crippen LogP contribution in [-0.2, 0) is 0 Å². The first kappa shape index (κ1) is 13.1. The summed E-state index contributed by atoms with van der Waals surface area (Å²) in [4.78, 5) is 0. The van der Waals surface area contributed by atoms with E-state index < -0.39 is 0 Å². The summed E-state index contributed by atoms with van der Waals surface area (Å²) < 4.78 is 0. The molecular formula is C15H28N2. The predicted molar refractivity (Wildman–Crippen MR) is 74.2 cm³/mol. The number of rotatable bonds is 5. The van der Waals surface area contributed by atoms with Gasteiger partial charge in [-0.2, -0.15) is 0 Å². The third-order valence-electron chi connectivity index (χ3n) is 4.39. The van der Waals surface area contributed by atoms with E-state index in [1.165, 1.54) is 51.5 Å². The van der Waals surface area contributed by atoms with Crippen molar-refractivity contribution < 1.29 is 0 Å². The fourth-order valence-electron chi connectivity index (χ4n) is 3.49. The normalized spacial score (nSPS) is 34.5. The zero-order valence-electron chi connectivity index (χ0n) is 11.3. The van der Waals surface area contributed by atoms with Crippen LogP contribution in [0.2, 0.25) is 0 Å². The molecule has 1 saturated carbocycles. The molecule has 1 aliphatic heterocycles. The Balaban J connectivity index is 1.75. The van der Waals surface area contributed by atoms with Gasteiger partial charge < -0.3 is 10.6 Å². The monoisotopic (exact) mass is 236 g/mol. The van der Waals surface area contributed by atoms with Crippen LogP contribution in [-0.4, -0.2) is 25.2 Å². The smallest absolute Gasteiger partial charge is 0.0110 e. The number of piperidine rings is 1. The van der Waals surface area contributed by atoms with Gasteiger partial charge in [0, 0.05) is 12.1 Å². The van der Waals surface area contributed by atoms with E-state index in [-0.39, 0.29) is 0 Å². The molecule has 2 N–H and O–H groups in total. The molecule has 2 aliphatic rings. The molecule has 0 aromatic heterocycles. The minimum absolute atomic E-state index is 0.774. The summed E-state index contributed by atoms with van der Waals surface area (Å²) in [6.07, 6.45) is 14.0. The molecule has 98 valence electrons. The lowest BCUT2D eigenvalue weighted by Crippen LogP contribution is -2.46. The molecular weight excluding hydrogens is 208 g/mol. The molecule has 1 heterocycles. The molecule has 2 heteroatoms. The Kier molecular flexibility index (Phi) is 5.53. The van der Waals surface area contributed by atoms with Gasteiger partial charge in [-0.25, -0.2) is 0 Å². The van der Waals surface area contributed by atoms with E-state index in [1.54, 1.807) is 0 Å². The van der Waals surface area contributed by atoms with Gasteiger partial charge in [0.15, 0.2) is 0 Å². The van der Waals surface area contributed by atoms with E-state index in [4.69, 9.17) is 0 Å². The van der Waals surface area contributed by atoms with E-state index in [0.717, 1.165) is 24.5 Å². The fraction of sp³-hybridized carbons (Fsp3) is 0.867. The minimum Gasteiger partial charge on any atom is -0.314 e. The summed E-state index contributed by atoms with van der Waals surface area (Å²) >= 11 is 0. The highest BCUT2D eigenvalue weighted by molar-refractivity contribution is 4.92. The predicted octanol–water partition coefficient (Wildman–Crippen LogP) is 2.85. The van der Waals surface area contributed by atoms with Gasteiger partial charge >= 0.3 is 0 Å². The van der Waals surface area contributed by atoms with Crippen molar-refractivity contribution in [3.63, 3.8) is 0 Å². The Morgan fingerprint density at radius 1 is 1.18 bits per heavy atom. The first-order valence-electron chi connectivity index (χ1n) is 7.49. The van der Waals surface area contributed by atoms with Crippen molar-refractivity contribution >= 4 is 0 Å². The van der Waals surface area contributed by atoms with Crippen molar-refractivity contribution in [2.24, 2.45) is 5.92 Å². The third kappa shape index (κ3) is 3.82. The molecule has 3 atom stereocenters. The second kappa shape index (κ2) is 7.17. The summed E-state index contributed by atoms with van der Waals surface area (Å²) in [5.74, 6) is 0.890. The second-order valence-electron chi connectivity index (χ2n) is 5.57. The number of hydrogen-bond donors (Lipinski definition) is 2. The molecule has 2 nitrogen and oxygen atoms in total. The van der Waals surface area contributed by atoms with Crippen LogP contribution in [0.4, 0.5) is 0 Å². The maximum atomic E-state index is 3.77. The third-order valence-corrected chi connectivity index (χ3v) is 4.39. The summed E-state index contributed by atoms with van der Waals surface area (Å²) in [6.45, 7) is 4.50. The van der Waals surface area contributed by atoms with E-state index in [0.29, 0.717) is 0 Å². The van der Waals surface area contributed by atoms with Gasteiger partial charge in [-0.1, -0.05) is 25.0 Å². The van der Waals surface area contributed by atoms with E-state index in [9.17, 15) is 0 Å². The average molecular weight is 236 g/mol. The first-order chi connectivity index (χ1) is 8.42. The molecule has 2 rings (SSSR count). The van der Waals surface area contributed by atoms with Crippen LogP contribution in [0.5, 0.6) is 0 Å². The van der Waals surface area contributed by atoms with Gasteiger partial charge in [-0.05, 0) is 58.0 Å². The van der Waals surface area contributed by atoms with Crippen LogP contribution >= 0.6 is 0 Å². The molecule has 3 unspecified atom stereocenters. The maximum absolute atomic E-state index is 3.77. The molecule has 0 radical (unpaired) electrons. The highest BCUT2D eigenvalue weighted by Gasteiger charge is 2.33. The van der Waals surface area contributed by atoms with Gasteiger partial charge in [-0.3, -0.25) is 0 Å². The number of nitrogens with one attached hydrogen (secondary N) is 2. The van der Waals surface area contributed by atoms with Gasteiger partial charge in [-0.15, -0.1) is 0 Å². The van der Waals surface area contributed by atoms with Gasteiger partial charge in [0.25, 0.3) is 0 Å². The largest absolute Gasteiger partial charge is 0.314 e. The van der Waals surface area contributed by atoms with Gasteiger partial charge in [0.1, 0.15) is 0 Å². The Bertz CT molecular complexity index is 231. The SMILES string of the molecule is C/C=C/CCNC1CCCC1C1CCCCN1. The summed E-state index contributed by atoms with van der Waals surface area (Å²) in [5, 5.41) is 7.51. The van der Waals surface area contributed by atoms with Crippen LogP contribution in [0.1, 0.15) is 51.9 Å². The minimum atomic E-state index is 0.774. The zero-order valence-corrected chi connectivity index (χ0v) is 11.3. The second-order valence-corrected chi connectivity index (χ2v) is 5.57. The molecule has 0 aromatic rings. The summed E-state index contributed by atoms with van der Waals surface area (Å²) in [6, 6.07) is 1.57. The van der Waals surface area contributed by atoms with Crippen molar-refractivity contribution in [2.45, 2.75) is 64.0 Å². The molecule has 17 heavy (non-hydrogen) atoms. The molecule has 0 spiro atoms. The lowest BCUT2D eigenvalue weighted by atomic mass is 9.88. The van der Waals surface area contributed by atoms with E-state index in [2.05, 4.69) is 29.7 Å². The summed E-state index contributed by atoms with van der Waals surface area (Å²) in [5.41, 5.74) is 0. The van der Waals surface area contributed by atoms with Crippen molar-refractivity contribution in [1.29, 1.82) is 0 Å². The lowest BCUT2D eigenvalue weighted by molar-refractivity contribution is 0.258. The van der Waals surface area contributed by atoms with Crippen molar-refractivity contribution in [2.75, 3.05) is 13.1 Å². The maximum Gasteiger partial charge on any atom is 0.0110 e. The fourth-order valence-corrected chi connectivity index (χ4v) is 3.49.